The Hall–Kier alpha value is -1.50. The highest BCUT2D eigenvalue weighted by Crippen LogP contribution is 2.17. The molecular weight excluding hydrogens is 248 g/mol. The lowest BCUT2D eigenvalue weighted by molar-refractivity contribution is -0.141. The fourth-order valence-electron chi connectivity index (χ4n) is 2.21. The Labute approximate surface area is 111 Å². The summed E-state index contributed by atoms with van der Waals surface area (Å²) in [5, 5.41) is 20.4. The van der Waals surface area contributed by atoms with Gasteiger partial charge in [0.25, 0.3) is 0 Å². The van der Waals surface area contributed by atoms with Crippen LogP contribution in [0, 0.1) is 5.92 Å². The molecule has 0 aromatic carbocycles. The molecule has 0 aliphatic carbocycles. The molecular formula is C12H20N4O3. The predicted octanol–water partition coefficient (Wildman–Crippen LogP) is 0.895. The summed E-state index contributed by atoms with van der Waals surface area (Å²) in [5.41, 5.74) is 0. The summed E-state index contributed by atoms with van der Waals surface area (Å²) in [6.45, 7) is 2.80. The molecule has 0 amide bonds. The lowest BCUT2D eigenvalue weighted by atomic mass is 10.0. The highest BCUT2D eigenvalue weighted by molar-refractivity contribution is 5.69. The second-order valence-corrected chi connectivity index (χ2v) is 5.04. The second-order valence-electron chi connectivity index (χ2n) is 5.04. The number of carboxylic acids is 1. The molecule has 1 fully saturated rings. The van der Waals surface area contributed by atoms with Crippen molar-refractivity contribution < 1.29 is 14.6 Å². The van der Waals surface area contributed by atoms with Crippen molar-refractivity contribution in [1.29, 1.82) is 0 Å². The maximum atomic E-state index is 10.8. The molecule has 1 aliphatic rings. The number of rotatable bonds is 6. The van der Waals surface area contributed by atoms with Crippen LogP contribution in [0.2, 0.25) is 0 Å². The first-order chi connectivity index (χ1) is 9.16. The van der Waals surface area contributed by atoms with E-state index in [2.05, 4.69) is 15.5 Å². The van der Waals surface area contributed by atoms with Crippen molar-refractivity contribution in [1.82, 2.24) is 20.2 Å². The van der Waals surface area contributed by atoms with Crippen LogP contribution < -0.4 is 0 Å². The third-order valence-electron chi connectivity index (χ3n) is 3.44. The van der Waals surface area contributed by atoms with E-state index in [0.29, 0.717) is 6.54 Å². The molecule has 2 rings (SSSR count). The van der Waals surface area contributed by atoms with Gasteiger partial charge in [0.2, 0.25) is 0 Å². The first-order valence-electron chi connectivity index (χ1n) is 6.76. The zero-order valence-electron chi connectivity index (χ0n) is 11.2. The number of ether oxygens (including phenoxy) is 1. The number of aryl methyl sites for hydroxylation is 1. The van der Waals surface area contributed by atoms with Crippen LogP contribution in [0.5, 0.6) is 0 Å². The van der Waals surface area contributed by atoms with Crippen molar-refractivity contribution in [2.75, 3.05) is 6.61 Å². The van der Waals surface area contributed by atoms with Gasteiger partial charge in [-0.05, 0) is 36.1 Å². The van der Waals surface area contributed by atoms with Crippen molar-refractivity contribution >= 4 is 5.97 Å². The summed E-state index contributed by atoms with van der Waals surface area (Å²) in [5.74, 6) is -0.590. The van der Waals surface area contributed by atoms with Gasteiger partial charge in [0.15, 0.2) is 5.82 Å². The smallest absolute Gasteiger partial charge is 0.308 e. The third kappa shape index (κ3) is 3.99. The number of nitrogens with zero attached hydrogens (tertiary/aromatic N) is 4. The first kappa shape index (κ1) is 13.9. The minimum Gasteiger partial charge on any atom is -0.481 e. The molecule has 7 heteroatoms. The Morgan fingerprint density at radius 1 is 1.58 bits per heavy atom. The molecule has 7 nitrogen and oxygen atoms in total. The Morgan fingerprint density at radius 2 is 2.42 bits per heavy atom. The van der Waals surface area contributed by atoms with Crippen molar-refractivity contribution in [2.45, 2.75) is 51.7 Å². The first-order valence-corrected chi connectivity index (χ1v) is 6.76. The fourth-order valence-corrected chi connectivity index (χ4v) is 2.21. The number of carboxylic acid groups (broad SMARTS) is 1. The van der Waals surface area contributed by atoms with E-state index < -0.39 is 11.9 Å². The Bertz CT molecular complexity index is 415. The van der Waals surface area contributed by atoms with Crippen LogP contribution in [-0.4, -0.2) is 44.0 Å². The van der Waals surface area contributed by atoms with Crippen LogP contribution in [0.1, 0.15) is 38.4 Å². The lowest BCUT2D eigenvalue weighted by Crippen LogP contribution is -2.22. The molecule has 0 spiro atoms. The fraction of sp³-hybridized carbons (Fsp3) is 0.833. The molecule has 1 aromatic heterocycles. The Balaban J connectivity index is 1.86. The second kappa shape index (κ2) is 6.60. The van der Waals surface area contributed by atoms with Crippen LogP contribution in [0.25, 0.3) is 0 Å². The van der Waals surface area contributed by atoms with Gasteiger partial charge in [0.1, 0.15) is 0 Å². The number of aliphatic carboxylic acids is 1. The number of hydrogen-bond donors (Lipinski definition) is 1. The van der Waals surface area contributed by atoms with Crippen molar-refractivity contribution in [3.63, 3.8) is 0 Å². The molecule has 1 N–H and O–H groups in total. The van der Waals surface area contributed by atoms with Gasteiger partial charge in [-0.1, -0.05) is 6.92 Å². The van der Waals surface area contributed by atoms with E-state index >= 15 is 0 Å². The van der Waals surface area contributed by atoms with Crippen molar-refractivity contribution in [2.24, 2.45) is 5.92 Å². The third-order valence-corrected chi connectivity index (χ3v) is 3.44. The number of tetrazole rings is 1. The molecule has 19 heavy (non-hydrogen) atoms. The summed E-state index contributed by atoms with van der Waals surface area (Å²) in [7, 11) is 0. The van der Waals surface area contributed by atoms with Crippen LogP contribution in [0.3, 0.4) is 0 Å². The van der Waals surface area contributed by atoms with Crippen LogP contribution in [0.4, 0.5) is 0 Å². The van der Waals surface area contributed by atoms with E-state index in [0.717, 1.165) is 38.1 Å². The molecule has 0 radical (unpaired) electrons. The molecule has 0 bridgehead atoms. The van der Waals surface area contributed by atoms with Gasteiger partial charge in [-0.15, -0.1) is 5.10 Å². The Morgan fingerprint density at radius 3 is 3.11 bits per heavy atom. The van der Waals surface area contributed by atoms with Crippen LogP contribution in [-0.2, 0) is 22.5 Å². The highest BCUT2D eigenvalue weighted by Gasteiger charge is 2.18. The molecule has 106 valence electrons. The molecule has 2 heterocycles. The monoisotopic (exact) mass is 268 g/mol. The van der Waals surface area contributed by atoms with Gasteiger partial charge in [0, 0.05) is 13.0 Å². The zero-order chi connectivity index (χ0) is 13.7. The molecule has 1 saturated heterocycles. The van der Waals surface area contributed by atoms with E-state index in [9.17, 15) is 4.79 Å². The topological polar surface area (TPSA) is 90.1 Å². The largest absolute Gasteiger partial charge is 0.481 e. The van der Waals surface area contributed by atoms with Gasteiger partial charge in [-0.2, -0.15) is 0 Å². The van der Waals surface area contributed by atoms with E-state index in [1.807, 2.05) is 0 Å². The summed E-state index contributed by atoms with van der Waals surface area (Å²) in [4.78, 5) is 10.8. The minimum atomic E-state index is -0.836. The highest BCUT2D eigenvalue weighted by atomic mass is 16.5. The maximum absolute atomic E-state index is 10.8. The van der Waals surface area contributed by atoms with Crippen LogP contribution in [0.15, 0.2) is 0 Å². The lowest BCUT2D eigenvalue weighted by Gasteiger charge is -2.22. The minimum absolute atomic E-state index is 0.288. The average molecular weight is 268 g/mol. The normalized spacial score (nSPS) is 21.2. The van der Waals surface area contributed by atoms with Crippen molar-refractivity contribution in [3.8, 4) is 0 Å². The summed E-state index contributed by atoms with van der Waals surface area (Å²) in [6, 6.07) is 0. The maximum Gasteiger partial charge on any atom is 0.308 e. The molecule has 1 aliphatic heterocycles. The molecule has 2 unspecified atom stereocenters. The van der Waals surface area contributed by atoms with Gasteiger partial charge in [-0.3, -0.25) is 4.79 Å². The Kier molecular flexibility index (Phi) is 4.84. The number of hydrogen-bond acceptors (Lipinski definition) is 5. The van der Waals surface area contributed by atoms with Crippen molar-refractivity contribution in [3.05, 3.63) is 5.82 Å². The van der Waals surface area contributed by atoms with E-state index in [-0.39, 0.29) is 6.10 Å². The van der Waals surface area contributed by atoms with Gasteiger partial charge < -0.3 is 9.84 Å². The quantitative estimate of drug-likeness (QED) is 0.824. The van der Waals surface area contributed by atoms with E-state index in [1.165, 1.54) is 6.42 Å². The summed E-state index contributed by atoms with van der Waals surface area (Å²) in [6.07, 6.45) is 5.35. The predicted molar refractivity (Wildman–Crippen MR) is 66.5 cm³/mol. The molecule has 0 saturated carbocycles. The zero-order valence-corrected chi connectivity index (χ0v) is 11.2. The SMILES string of the molecule is CC(Cn1nnnc1CCC1CCCCO1)C(=O)O. The summed E-state index contributed by atoms with van der Waals surface area (Å²) >= 11 is 0. The average Bonchev–Trinajstić information content (AvgIpc) is 2.85. The van der Waals surface area contributed by atoms with E-state index in [1.54, 1.807) is 11.6 Å². The molecule has 2 atom stereocenters. The molecule has 1 aromatic rings. The van der Waals surface area contributed by atoms with Gasteiger partial charge >= 0.3 is 5.97 Å². The summed E-state index contributed by atoms with van der Waals surface area (Å²) < 4.78 is 7.25. The van der Waals surface area contributed by atoms with Gasteiger partial charge in [-0.25, -0.2) is 4.68 Å². The number of aromatic nitrogens is 4. The number of carbonyl (C=O) groups is 1. The van der Waals surface area contributed by atoms with E-state index in [4.69, 9.17) is 9.84 Å². The van der Waals surface area contributed by atoms with Gasteiger partial charge in [0.05, 0.1) is 18.6 Å². The van der Waals surface area contributed by atoms with Crippen LogP contribution >= 0.6 is 0 Å². The standard InChI is InChI=1S/C12H20N4O3/c1-9(12(17)18)8-16-11(13-14-15-16)6-5-10-4-2-3-7-19-10/h9-10H,2-8H2,1H3,(H,17,18).